The van der Waals surface area contributed by atoms with E-state index in [9.17, 15) is 9.59 Å². The number of hydrogen-bond donors (Lipinski definition) is 2. The molecule has 25 heavy (non-hydrogen) atoms. The number of hydrogen-bond acceptors (Lipinski definition) is 3. The summed E-state index contributed by atoms with van der Waals surface area (Å²) in [6.07, 6.45) is 0. The highest BCUT2D eigenvalue weighted by molar-refractivity contribution is 7.19. The van der Waals surface area contributed by atoms with Crippen LogP contribution in [-0.2, 0) is 0 Å². The van der Waals surface area contributed by atoms with Crippen LogP contribution < -0.4 is 10.7 Å². The molecular formula is C20H16N2O2S. The van der Waals surface area contributed by atoms with Crippen molar-refractivity contribution in [3.05, 3.63) is 81.5 Å². The predicted molar refractivity (Wildman–Crippen MR) is 102 cm³/mol. The van der Waals surface area contributed by atoms with Crippen molar-refractivity contribution in [3.8, 4) is 0 Å². The summed E-state index contributed by atoms with van der Waals surface area (Å²) >= 11 is 1.66. The Morgan fingerprint density at radius 3 is 2.68 bits per heavy atom. The van der Waals surface area contributed by atoms with Crippen LogP contribution in [0.2, 0.25) is 0 Å². The highest BCUT2D eigenvalue weighted by atomic mass is 32.1. The highest BCUT2D eigenvalue weighted by Crippen LogP contribution is 2.29. The standard InChI is InChI=1S/C20H16N2O2S/c1-12(19-10-13-6-2-5-9-18(13)25-19)21-20(24)16-11-17(23)14-7-3-4-8-15(14)22-16/h2-12H,1H3,(H,21,24)(H,22,23)/t12-/m1/s1. The minimum atomic E-state index is -0.284. The van der Waals surface area contributed by atoms with E-state index < -0.39 is 0 Å². The van der Waals surface area contributed by atoms with Crippen LogP contribution in [0.15, 0.2) is 65.5 Å². The molecule has 0 radical (unpaired) electrons. The van der Waals surface area contributed by atoms with Gasteiger partial charge in [-0.3, -0.25) is 9.59 Å². The number of amides is 1. The van der Waals surface area contributed by atoms with Gasteiger partial charge in [-0.05, 0) is 36.6 Å². The van der Waals surface area contributed by atoms with Gasteiger partial charge in [0.05, 0.1) is 6.04 Å². The zero-order valence-electron chi connectivity index (χ0n) is 13.6. The predicted octanol–water partition coefficient (Wildman–Crippen LogP) is 4.23. The van der Waals surface area contributed by atoms with Gasteiger partial charge < -0.3 is 10.3 Å². The summed E-state index contributed by atoms with van der Waals surface area (Å²) < 4.78 is 1.19. The zero-order chi connectivity index (χ0) is 17.4. The smallest absolute Gasteiger partial charge is 0.268 e. The lowest BCUT2D eigenvalue weighted by molar-refractivity contribution is 0.0935. The molecule has 0 saturated carbocycles. The van der Waals surface area contributed by atoms with Gasteiger partial charge >= 0.3 is 0 Å². The third-order valence-corrected chi connectivity index (χ3v) is 5.50. The molecule has 2 aromatic carbocycles. The first kappa shape index (κ1) is 15.6. The molecule has 0 saturated heterocycles. The number of rotatable bonds is 3. The lowest BCUT2D eigenvalue weighted by Gasteiger charge is -2.12. The summed E-state index contributed by atoms with van der Waals surface area (Å²) in [5, 5.41) is 4.72. The molecule has 4 nitrogen and oxygen atoms in total. The number of H-pyrrole nitrogens is 1. The van der Waals surface area contributed by atoms with Gasteiger partial charge in [0.25, 0.3) is 5.91 Å². The largest absolute Gasteiger partial charge is 0.350 e. The Labute approximate surface area is 148 Å². The van der Waals surface area contributed by atoms with E-state index in [1.54, 1.807) is 29.5 Å². The Bertz CT molecular complexity index is 1110. The van der Waals surface area contributed by atoms with Gasteiger partial charge in [0, 0.05) is 26.5 Å². The molecule has 2 heterocycles. The van der Waals surface area contributed by atoms with Gasteiger partial charge in [0.2, 0.25) is 0 Å². The number of benzene rings is 2. The quantitative estimate of drug-likeness (QED) is 0.582. The zero-order valence-corrected chi connectivity index (χ0v) is 14.4. The van der Waals surface area contributed by atoms with Gasteiger partial charge in [-0.2, -0.15) is 0 Å². The fraction of sp³-hybridized carbons (Fsp3) is 0.100. The summed E-state index contributed by atoms with van der Waals surface area (Å²) in [5.74, 6) is -0.284. The number of thiophene rings is 1. The van der Waals surface area contributed by atoms with Crippen molar-refractivity contribution in [2.45, 2.75) is 13.0 Å². The molecule has 124 valence electrons. The molecule has 0 aliphatic carbocycles. The minimum absolute atomic E-state index is 0.139. The number of pyridine rings is 1. The molecule has 0 aliphatic rings. The third kappa shape index (κ3) is 2.94. The van der Waals surface area contributed by atoms with E-state index in [0.717, 1.165) is 4.88 Å². The molecule has 1 atom stereocenters. The van der Waals surface area contributed by atoms with E-state index in [2.05, 4.69) is 28.5 Å². The number of aromatic amines is 1. The molecule has 0 fully saturated rings. The van der Waals surface area contributed by atoms with Crippen molar-refractivity contribution >= 4 is 38.2 Å². The Balaban J connectivity index is 1.62. The number of fused-ring (bicyclic) bond motifs is 2. The number of nitrogens with one attached hydrogen (secondary N) is 2. The maximum Gasteiger partial charge on any atom is 0.268 e. The monoisotopic (exact) mass is 348 g/mol. The first-order valence-electron chi connectivity index (χ1n) is 8.03. The van der Waals surface area contributed by atoms with Gasteiger partial charge in [-0.1, -0.05) is 30.3 Å². The molecule has 4 rings (SSSR count). The molecule has 1 amide bonds. The van der Waals surface area contributed by atoms with Crippen molar-refractivity contribution < 1.29 is 4.79 Å². The highest BCUT2D eigenvalue weighted by Gasteiger charge is 2.15. The summed E-state index contributed by atoms with van der Waals surface area (Å²) in [5.41, 5.74) is 0.778. The van der Waals surface area contributed by atoms with Crippen LogP contribution in [0.5, 0.6) is 0 Å². The van der Waals surface area contributed by atoms with Crippen molar-refractivity contribution in [1.29, 1.82) is 0 Å². The Hall–Kier alpha value is -2.92. The summed E-state index contributed by atoms with van der Waals surface area (Å²) in [6.45, 7) is 1.95. The summed E-state index contributed by atoms with van der Waals surface area (Å²) in [4.78, 5) is 28.9. The average Bonchev–Trinajstić information content (AvgIpc) is 3.06. The van der Waals surface area contributed by atoms with Crippen molar-refractivity contribution in [1.82, 2.24) is 10.3 Å². The van der Waals surface area contributed by atoms with Crippen molar-refractivity contribution in [2.75, 3.05) is 0 Å². The van der Waals surface area contributed by atoms with Gasteiger partial charge in [0.15, 0.2) is 5.43 Å². The maximum absolute atomic E-state index is 12.6. The summed E-state index contributed by atoms with van der Waals surface area (Å²) in [6, 6.07) is 18.6. The number of carbonyl (C=O) groups is 1. The van der Waals surface area contributed by atoms with Crippen molar-refractivity contribution in [3.63, 3.8) is 0 Å². The third-order valence-electron chi connectivity index (χ3n) is 4.20. The molecule has 4 aromatic rings. The Kier molecular flexibility index (Phi) is 3.86. The van der Waals surface area contributed by atoms with Crippen LogP contribution in [0.25, 0.3) is 21.0 Å². The second-order valence-electron chi connectivity index (χ2n) is 5.97. The fourth-order valence-corrected chi connectivity index (χ4v) is 3.95. The maximum atomic E-state index is 12.6. The molecule has 0 spiro atoms. The van der Waals surface area contributed by atoms with Crippen LogP contribution >= 0.6 is 11.3 Å². The Morgan fingerprint density at radius 1 is 1.08 bits per heavy atom. The minimum Gasteiger partial charge on any atom is -0.350 e. The molecule has 0 aliphatic heterocycles. The lowest BCUT2D eigenvalue weighted by atomic mass is 10.2. The number of carbonyl (C=O) groups excluding carboxylic acids is 1. The van der Waals surface area contributed by atoms with Crippen LogP contribution in [0, 0.1) is 0 Å². The molecular weight excluding hydrogens is 332 g/mol. The average molecular weight is 348 g/mol. The summed E-state index contributed by atoms with van der Waals surface area (Å²) in [7, 11) is 0. The van der Waals surface area contributed by atoms with E-state index >= 15 is 0 Å². The number of aromatic nitrogens is 1. The normalized spacial score (nSPS) is 12.4. The van der Waals surface area contributed by atoms with Gasteiger partial charge in [-0.25, -0.2) is 0 Å². The van der Waals surface area contributed by atoms with E-state index in [4.69, 9.17) is 0 Å². The van der Waals surface area contributed by atoms with E-state index in [-0.39, 0.29) is 23.1 Å². The van der Waals surface area contributed by atoms with Crippen LogP contribution in [0.4, 0.5) is 0 Å². The number of para-hydroxylation sites is 1. The molecule has 0 unspecified atom stereocenters. The van der Waals surface area contributed by atoms with Crippen molar-refractivity contribution in [2.24, 2.45) is 0 Å². The van der Waals surface area contributed by atoms with Crippen LogP contribution in [0.3, 0.4) is 0 Å². The van der Waals surface area contributed by atoms with E-state index in [1.807, 2.05) is 25.1 Å². The molecule has 2 N–H and O–H groups in total. The Morgan fingerprint density at radius 2 is 1.84 bits per heavy atom. The molecule has 0 bridgehead atoms. The second kappa shape index (κ2) is 6.18. The molecule has 5 heteroatoms. The van der Waals surface area contributed by atoms with E-state index in [1.165, 1.54) is 16.2 Å². The lowest BCUT2D eigenvalue weighted by Crippen LogP contribution is -2.28. The van der Waals surface area contributed by atoms with Crippen LogP contribution in [-0.4, -0.2) is 10.9 Å². The first-order valence-corrected chi connectivity index (χ1v) is 8.85. The SMILES string of the molecule is C[C@@H](NC(=O)c1cc(=O)c2ccccc2[nH]1)c1cc2ccccc2s1. The first-order chi connectivity index (χ1) is 12.1. The van der Waals surface area contributed by atoms with E-state index in [0.29, 0.717) is 10.9 Å². The van der Waals surface area contributed by atoms with Gasteiger partial charge in [0.1, 0.15) is 5.69 Å². The van der Waals surface area contributed by atoms with Crippen LogP contribution in [0.1, 0.15) is 28.3 Å². The topological polar surface area (TPSA) is 62.0 Å². The van der Waals surface area contributed by atoms with Gasteiger partial charge in [-0.15, -0.1) is 11.3 Å². The second-order valence-corrected chi connectivity index (χ2v) is 7.09. The fourth-order valence-electron chi connectivity index (χ4n) is 2.88. The molecule has 2 aromatic heterocycles.